The van der Waals surface area contributed by atoms with Gasteiger partial charge in [-0.3, -0.25) is 0 Å². The number of aromatic nitrogens is 3. The van der Waals surface area contributed by atoms with Crippen molar-refractivity contribution in [1.29, 1.82) is 0 Å². The Kier molecular flexibility index (Phi) is 7.45. The van der Waals surface area contributed by atoms with Crippen LogP contribution in [-0.2, 0) is 0 Å². The molecule has 1 aromatic heterocycles. The van der Waals surface area contributed by atoms with Gasteiger partial charge in [-0.2, -0.15) is 46.5 Å². The number of benzene rings is 1. The molecule has 9 nitrogen and oxygen atoms in total. The topological polar surface area (TPSA) is 120 Å². The zero-order chi connectivity index (χ0) is 23.4. The minimum absolute atomic E-state index is 0.0393. The van der Waals surface area contributed by atoms with E-state index in [4.69, 9.17) is 5.21 Å². The van der Waals surface area contributed by atoms with Crippen LogP contribution in [0, 0.1) is 5.21 Å². The van der Waals surface area contributed by atoms with Gasteiger partial charge in [0.2, 0.25) is 11.9 Å². The van der Waals surface area contributed by atoms with E-state index in [1.165, 1.54) is 24.3 Å². The van der Waals surface area contributed by atoms with E-state index in [2.05, 4.69) is 30.3 Å². The van der Waals surface area contributed by atoms with E-state index in [1.807, 2.05) is 0 Å². The van der Waals surface area contributed by atoms with Crippen LogP contribution in [0.15, 0.2) is 24.3 Å². The van der Waals surface area contributed by atoms with Crippen molar-refractivity contribution in [3.63, 3.8) is 0 Å². The summed E-state index contributed by atoms with van der Waals surface area (Å²) >= 11 is 0. The quantitative estimate of drug-likeness (QED) is 0.354. The van der Waals surface area contributed by atoms with Crippen molar-refractivity contribution in [2.45, 2.75) is 44.8 Å². The molecule has 1 heterocycles. The van der Waals surface area contributed by atoms with Gasteiger partial charge in [-0.1, -0.05) is 6.92 Å². The molecule has 1 aromatic carbocycles. The molecule has 0 bridgehead atoms. The van der Waals surface area contributed by atoms with Crippen LogP contribution >= 0.6 is 0 Å². The molecule has 0 aliphatic heterocycles. The largest absolute Gasteiger partial charge is 0.595 e. The molecule has 4 N–H and O–H groups in total. The summed E-state index contributed by atoms with van der Waals surface area (Å²) in [5.41, 5.74) is 0.183. The first-order valence-electron chi connectivity index (χ1n) is 8.72. The summed E-state index contributed by atoms with van der Waals surface area (Å²) in [6, 6.07) is 3.60. The number of hydrogen-bond donors (Lipinski definition) is 4. The number of anilines is 3. The molecule has 0 spiro atoms. The predicted molar refractivity (Wildman–Crippen MR) is 95.2 cm³/mol. The lowest BCUT2D eigenvalue weighted by Crippen LogP contribution is -2.99. The smallest absolute Gasteiger partial charge is 0.434 e. The third-order valence-corrected chi connectivity index (χ3v) is 3.81. The maximum absolute atomic E-state index is 12.8. The maximum atomic E-state index is 12.8. The summed E-state index contributed by atoms with van der Waals surface area (Å²) in [6.45, 7) is 3.47. The van der Waals surface area contributed by atoms with Crippen molar-refractivity contribution in [2.75, 3.05) is 10.6 Å². The summed E-state index contributed by atoms with van der Waals surface area (Å²) in [6.07, 6.45) is -15.1. The van der Waals surface area contributed by atoms with E-state index in [0.717, 1.165) is 0 Å². The Morgan fingerprint density at radius 1 is 1.03 bits per heavy atom. The zero-order valence-electron chi connectivity index (χ0n) is 16.0. The van der Waals surface area contributed by atoms with E-state index < -0.39 is 35.6 Å². The standard InChI is InChI=1S/C16H18F6N6O3/c1-3-8(2)23-12-25-13(24-9-4-6-10(7-5-9)28(29)30)27-14(26-12)31-11(15(17,18)19)16(20,21)22/h4-8,11,28-29H,3H2,1-2H3,(H2,23,24,25,26,27)/t8-/m0/s1. The first-order chi connectivity index (χ1) is 14.3. The van der Waals surface area contributed by atoms with Crippen molar-refractivity contribution in [3.8, 4) is 6.01 Å². The minimum atomic E-state index is -5.75. The van der Waals surface area contributed by atoms with Gasteiger partial charge in [0, 0.05) is 23.9 Å². The Hall–Kier alpha value is -2.91. The second-order valence-electron chi connectivity index (χ2n) is 6.31. The highest BCUT2D eigenvalue weighted by atomic mass is 19.4. The molecule has 1 unspecified atom stereocenters. The van der Waals surface area contributed by atoms with Gasteiger partial charge in [-0.25, -0.2) is 5.21 Å². The van der Waals surface area contributed by atoms with Gasteiger partial charge >= 0.3 is 18.4 Å². The highest BCUT2D eigenvalue weighted by Crippen LogP contribution is 2.36. The Morgan fingerprint density at radius 3 is 2.06 bits per heavy atom. The number of rotatable bonds is 8. The van der Waals surface area contributed by atoms with Gasteiger partial charge < -0.3 is 20.6 Å². The van der Waals surface area contributed by atoms with Gasteiger partial charge in [0.15, 0.2) is 5.69 Å². The molecule has 0 aliphatic rings. The molecule has 0 aliphatic carbocycles. The molecule has 15 heteroatoms. The van der Waals surface area contributed by atoms with Crippen LogP contribution in [0.2, 0.25) is 0 Å². The molecular formula is C16H18F6N6O3. The summed E-state index contributed by atoms with van der Waals surface area (Å²) in [5, 5.41) is 23.9. The van der Waals surface area contributed by atoms with Gasteiger partial charge in [0.1, 0.15) is 0 Å². The number of nitrogens with one attached hydrogen (secondary N) is 3. The minimum Gasteiger partial charge on any atom is -0.595 e. The summed E-state index contributed by atoms with van der Waals surface area (Å²) in [7, 11) is 0. The van der Waals surface area contributed by atoms with E-state index >= 15 is 0 Å². The number of ether oxygens (including phenoxy) is 1. The van der Waals surface area contributed by atoms with Crippen LogP contribution in [0.3, 0.4) is 0 Å². The average molecular weight is 456 g/mol. The summed E-state index contributed by atoms with van der Waals surface area (Å²) in [4.78, 5) is 10.9. The molecule has 0 saturated carbocycles. The van der Waals surface area contributed by atoms with Crippen molar-refractivity contribution in [3.05, 3.63) is 29.5 Å². The zero-order valence-corrected chi connectivity index (χ0v) is 16.0. The fourth-order valence-electron chi connectivity index (χ4n) is 2.10. The van der Waals surface area contributed by atoms with E-state index in [1.54, 1.807) is 13.8 Å². The Bertz CT molecular complexity index is 848. The average Bonchev–Trinajstić information content (AvgIpc) is 2.64. The summed E-state index contributed by atoms with van der Waals surface area (Å²) in [5.74, 6) is -0.728. The molecule has 172 valence electrons. The van der Waals surface area contributed by atoms with Crippen molar-refractivity contribution in [1.82, 2.24) is 15.0 Å². The van der Waals surface area contributed by atoms with Crippen molar-refractivity contribution in [2.24, 2.45) is 0 Å². The monoisotopic (exact) mass is 456 g/mol. The molecule has 0 amide bonds. The number of quaternary nitrogens is 1. The highest BCUT2D eigenvalue weighted by molar-refractivity contribution is 5.56. The van der Waals surface area contributed by atoms with Crippen LogP contribution in [0.5, 0.6) is 6.01 Å². The lowest BCUT2D eigenvalue weighted by Gasteiger charge is -2.23. The molecule has 0 fully saturated rings. The van der Waals surface area contributed by atoms with Crippen LogP contribution in [0.25, 0.3) is 0 Å². The fourth-order valence-corrected chi connectivity index (χ4v) is 2.10. The number of halogens is 6. The van der Waals surface area contributed by atoms with Crippen LogP contribution in [0.1, 0.15) is 20.3 Å². The predicted octanol–water partition coefficient (Wildman–Crippen LogP) is 3.10. The number of alkyl halides is 6. The van der Waals surface area contributed by atoms with Crippen LogP contribution in [-0.4, -0.2) is 44.7 Å². The second-order valence-corrected chi connectivity index (χ2v) is 6.31. The molecule has 2 aromatic rings. The Balaban J connectivity index is 2.38. The number of nitrogens with zero attached hydrogens (tertiary/aromatic N) is 3. The van der Waals surface area contributed by atoms with Crippen molar-refractivity contribution >= 4 is 23.3 Å². The van der Waals surface area contributed by atoms with Crippen LogP contribution < -0.4 is 20.6 Å². The molecule has 31 heavy (non-hydrogen) atoms. The van der Waals surface area contributed by atoms with Crippen molar-refractivity contribution < 1.29 is 41.5 Å². The first kappa shape index (κ1) is 24.4. The Morgan fingerprint density at radius 2 is 1.58 bits per heavy atom. The van der Waals surface area contributed by atoms with E-state index in [-0.39, 0.29) is 23.4 Å². The maximum Gasteiger partial charge on any atom is 0.434 e. The Labute approximate surface area is 171 Å². The molecule has 2 atom stereocenters. The highest BCUT2D eigenvalue weighted by Gasteiger charge is 2.59. The van der Waals surface area contributed by atoms with Gasteiger partial charge in [0.25, 0.3) is 6.10 Å². The van der Waals surface area contributed by atoms with Gasteiger partial charge in [-0.05, 0) is 25.5 Å². The third kappa shape index (κ3) is 7.08. The number of hydrogen-bond acceptors (Lipinski definition) is 8. The second kappa shape index (κ2) is 9.49. The van der Waals surface area contributed by atoms with Crippen LogP contribution in [0.4, 0.5) is 49.6 Å². The summed E-state index contributed by atoms with van der Waals surface area (Å²) < 4.78 is 81.0. The molecule has 2 rings (SSSR count). The SMILES string of the molecule is CC[C@H](C)Nc1nc(Nc2ccc([NH+]([O-])O)cc2)nc(OC(C(F)(F)F)C(F)(F)F)n1. The molecule has 0 saturated heterocycles. The van der Waals surface area contributed by atoms with Gasteiger partial charge in [0.05, 0.1) is 0 Å². The normalized spacial score (nSPS) is 14.3. The molecular weight excluding hydrogens is 438 g/mol. The first-order valence-corrected chi connectivity index (χ1v) is 8.72. The third-order valence-electron chi connectivity index (χ3n) is 3.81. The molecule has 0 radical (unpaired) electrons. The lowest BCUT2D eigenvalue weighted by molar-refractivity contribution is -0.991. The fraction of sp³-hybridized carbons (Fsp3) is 0.438. The van der Waals surface area contributed by atoms with Gasteiger partial charge in [-0.15, -0.1) is 0 Å². The van der Waals surface area contributed by atoms with E-state index in [0.29, 0.717) is 6.42 Å². The van der Waals surface area contributed by atoms with E-state index in [9.17, 15) is 31.5 Å². The lowest BCUT2D eigenvalue weighted by atomic mass is 10.3.